The van der Waals surface area contributed by atoms with Crippen molar-refractivity contribution in [1.82, 2.24) is 10.2 Å². The van der Waals surface area contributed by atoms with E-state index < -0.39 is 54.1 Å². The number of nitrogens with zero attached hydrogens (tertiary/aromatic N) is 1. The van der Waals surface area contributed by atoms with Crippen LogP contribution >= 0.6 is 0 Å². The lowest BCUT2D eigenvalue weighted by atomic mass is 10.1. The van der Waals surface area contributed by atoms with Crippen LogP contribution in [0.2, 0.25) is 0 Å². The van der Waals surface area contributed by atoms with Crippen molar-refractivity contribution in [2.75, 3.05) is 25.5 Å². The molecule has 0 aromatic heterocycles. The quantitative estimate of drug-likeness (QED) is 0.718. The third-order valence-electron chi connectivity index (χ3n) is 3.82. The molecule has 0 aliphatic carbocycles. The molecule has 2 aromatic rings. The molecule has 154 valence electrons. The van der Waals surface area contributed by atoms with Crippen LogP contribution in [0, 0.1) is 5.82 Å². The number of hydrogen-bond donors (Lipinski definition) is 2. The number of nitrogens with one attached hydrogen (secondary N) is 2. The van der Waals surface area contributed by atoms with Crippen LogP contribution in [0.3, 0.4) is 0 Å². The molecule has 0 fully saturated rings. The number of para-hydroxylation sites is 1. The third-order valence-corrected chi connectivity index (χ3v) is 3.82. The first kappa shape index (κ1) is 21.9. The Bertz CT molecular complexity index is 898. The average molecular weight is 411 g/mol. The van der Waals surface area contributed by atoms with Crippen molar-refractivity contribution in [2.45, 2.75) is 6.18 Å². The number of rotatable bonds is 6. The van der Waals surface area contributed by atoms with Crippen molar-refractivity contribution in [3.8, 4) is 0 Å². The highest BCUT2D eigenvalue weighted by Crippen LogP contribution is 2.34. The van der Waals surface area contributed by atoms with Gasteiger partial charge in [0.2, 0.25) is 11.8 Å². The molecule has 10 heteroatoms. The largest absolute Gasteiger partial charge is 0.418 e. The summed E-state index contributed by atoms with van der Waals surface area (Å²) in [4.78, 5) is 36.9. The van der Waals surface area contributed by atoms with Crippen molar-refractivity contribution in [1.29, 1.82) is 0 Å². The summed E-state index contributed by atoms with van der Waals surface area (Å²) < 4.78 is 51.7. The van der Waals surface area contributed by atoms with Crippen LogP contribution in [0.1, 0.15) is 15.9 Å². The summed E-state index contributed by atoms with van der Waals surface area (Å²) in [6.07, 6.45) is -4.64. The molecule has 0 bridgehead atoms. The first-order valence-electron chi connectivity index (χ1n) is 8.31. The van der Waals surface area contributed by atoms with Crippen LogP contribution in [0.4, 0.5) is 23.2 Å². The lowest BCUT2D eigenvalue weighted by Crippen LogP contribution is -2.41. The first-order chi connectivity index (χ1) is 13.6. The summed E-state index contributed by atoms with van der Waals surface area (Å²) >= 11 is 0. The second-order valence-corrected chi connectivity index (χ2v) is 6.03. The smallest absolute Gasteiger partial charge is 0.343 e. The van der Waals surface area contributed by atoms with Crippen LogP contribution in [-0.2, 0) is 15.8 Å². The molecule has 0 unspecified atom stereocenters. The molecule has 2 N–H and O–H groups in total. The monoisotopic (exact) mass is 411 g/mol. The van der Waals surface area contributed by atoms with E-state index in [0.717, 1.165) is 29.2 Å². The summed E-state index contributed by atoms with van der Waals surface area (Å²) in [7, 11) is 1.27. The molecular weight excluding hydrogens is 394 g/mol. The minimum absolute atomic E-state index is 0.142. The summed E-state index contributed by atoms with van der Waals surface area (Å²) in [6, 6.07) is 9.12. The van der Waals surface area contributed by atoms with E-state index in [1.165, 1.54) is 31.3 Å². The van der Waals surface area contributed by atoms with Gasteiger partial charge in [0.05, 0.1) is 24.3 Å². The number of carbonyl (C=O) groups is 3. The zero-order chi connectivity index (χ0) is 21.6. The van der Waals surface area contributed by atoms with Gasteiger partial charge in [-0.25, -0.2) is 4.39 Å². The Kier molecular flexibility index (Phi) is 6.92. The Morgan fingerprint density at radius 2 is 1.62 bits per heavy atom. The lowest BCUT2D eigenvalue weighted by molar-refractivity contribution is -0.137. The highest BCUT2D eigenvalue weighted by atomic mass is 19.4. The second kappa shape index (κ2) is 9.18. The molecule has 0 aliphatic heterocycles. The molecule has 0 atom stereocenters. The number of alkyl halides is 3. The predicted molar refractivity (Wildman–Crippen MR) is 96.4 cm³/mol. The Morgan fingerprint density at radius 1 is 1.00 bits per heavy atom. The van der Waals surface area contributed by atoms with Gasteiger partial charge in [0.1, 0.15) is 5.82 Å². The summed E-state index contributed by atoms with van der Waals surface area (Å²) in [5, 5.41) is 4.44. The normalized spacial score (nSPS) is 10.9. The van der Waals surface area contributed by atoms with Crippen LogP contribution in [0.5, 0.6) is 0 Å². The molecular formula is C19H17F4N3O3. The zero-order valence-corrected chi connectivity index (χ0v) is 15.2. The minimum Gasteiger partial charge on any atom is -0.343 e. The topological polar surface area (TPSA) is 78.5 Å². The lowest BCUT2D eigenvalue weighted by Gasteiger charge is -2.18. The van der Waals surface area contributed by atoms with Gasteiger partial charge >= 0.3 is 6.18 Å². The number of benzene rings is 2. The van der Waals surface area contributed by atoms with Crippen molar-refractivity contribution >= 4 is 23.4 Å². The van der Waals surface area contributed by atoms with Crippen LogP contribution in [0.15, 0.2) is 48.5 Å². The molecule has 0 radical (unpaired) electrons. The number of hydrogen-bond acceptors (Lipinski definition) is 3. The number of likely N-dealkylation sites (N-methyl/N-ethyl adjacent to an activating group) is 1. The third kappa shape index (κ3) is 6.30. The molecule has 0 spiro atoms. The van der Waals surface area contributed by atoms with Crippen LogP contribution in [0.25, 0.3) is 0 Å². The first-order valence-corrected chi connectivity index (χ1v) is 8.31. The predicted octanol–water partition coefficient (Wildman–Crippen LogP) is 2.67. The van der Waals surface area contributed by atoms with E-state index in [4.69, 9.17) is 0 Å². The molecule has 0 saturated carbocycles. The van der Waals surface area contributed by atoms with Crippen LogP contribution in [-0.4, -0.2) is 42.8 Å². The van der Waals surface area contributed by atoms with Gasteiger partial charge < -0.3 is 15.5 Å². The van der Waals surface area contributed by atoms with Gasteiger partial charge in [-0.05, 0) is 36.4 Å². The molecule has 3 amide bonds. The van der Waals surface area contributed by atoms with Gasteiger partial charge in [0, 0.05) is 12.6 Å². The average Bonchev–Trinajstić information content (AvgIpc) is 2.65. The van der Waals surface area contributed by atoms with Crippen molar-refractivity contribution in [3.05, 3.63) is 65.5 Å². The standard InChI is InChI=1S/C19H17F4N3O3/c1-26(17(28)10-24-18(29)12-6-8-13(20)9-7-12)11-16(27)25-15-5-3-2-4-14(15)19(21,22)23/h2-9H,10-11H2,1H3,(H,24,29)(H,25,27). The van der Waals surface area contributed by atoms with E-state index in [-0.39, 0.29) is 5.56 Å². The van der Waals surface area contributed by atoms with Gasteiger partial charge in [-0.15, -0.1) is 0 Å². The molecule has 0 heterocycles. The molecule has 0 aliphatic rings. The van der Waals surface area contributed by atoms with Gasteiger partial charge in [0.25, 0.3) is 5.91 Å². The fourth-order valence-corrected chi connectivity index (χ4v) is 2.33. The molecule has 2 aromatic carbocycles. The van der Waals surface area contributed by atoms with E-state index in [1.54, 1.807) is 0 Å². The van der Waals surface area contributed by atoms with Gasteiger partial charge in [-0.3, -0.25) is 14.4 Å². The fraction of sp³-hybridized carbons (Fsp3) is 0.211. The molecule has 0 saturated heterocycles. The van der Waals surface area contributed by atoms with E-state index in [2.05, 4.69) is 10.6 Å². The Labute approximate surface area is 163 Å². The Balaban J connectivity index is 1.88. The van der Waals surface area contributed by atoms with E-state index in [1.807, 2.05) is 0 Å². The number of amides is 3. The van der Waals surface area contributed by atoms with Crippen molar-refractivity contribution in [3.63, 3.8) is 0 Å². The Morgan fingerprint density at radius 3 is 2.24 bits per heavy atom. The maximum Gasteiger partial charge on any atom is 0.418 e. The Hall–Kier alpha value is -3.43. The summed E-state index contributed by atoms with van der Waals surface area (Å²) in [5.41, 5.74) is -1.28. The minimum atomic E-state index is -4.64. The molecule has 6 nitrogen and oxygen atoms in total. The highest BCUT2D eigenvalue weighted by Gasteiger charge is 2.33. The zero-order valence-electron chi connectivity index (χ0n) is 15.2. The van der Waals surface area contributed by atoms with Crippen LogP contribution < -0.4 is 10.6 Å². The van der Waals surface area contributed by atoms with E-state index >= 15 is 0 Å². The maximum absolute atomic E-state index is 13.0. The highest BCUT2D eigenvalue weighted by molar-refractivity contribution is 5.98. The summed E-state index contributed by atoms with van der Waals surface area (Å²) in [5.74, 6) is -2.60. The number of carbonyl (C=O) groups excluding carboxylic acids is 3. The SMILES string of the molecule is CN(CC(=O)Nc1ccccc1C(F)(F)F)C(=O)CNC(=O)c1ccc(F)cc1. The fourth-order valence-electron chi connectivity index (χ4n) is 2.33. The van der Waals surface area contributed by atoms with E-state index in [9.17, 15) is 31.9 Å². The number of halogens is 4. The van der Waals surface area contributed by atoms with Gasteiger partial charge in [0.15, 0.2) is 0 Å². The summed E-state index contributed by atoms with van der Waals surface area (Å²) in [6.45, 7) is -0.962. The maximum atomic E-state index is 13.0. The molecule has 29 heavy (non-hydrogen) atoms. The van der Waals surface area contributed by atoms with Gasteiger partial charge in [-0.1, -0.05) is 12.1 Å². The van der Waals surface area contributed by atoms with E-state index in [0.29, 0.717) is 0 Å². The number of anilines is 1. The second-order valence-electron chi connectivity index (χ2n) is 6.03. The molecule has 2 rings (SSSR count). The van der Waals surface area contributed by atoms with Crippen molar-refractivity contribution < 1.29 is 31.9 Å². The van der Waals surface area contributed by atoms with Crippen molar-refractivity contribution in [2.24, 2.45) is 0 Å². The van der Waals surface area contributed by atoms with Gasteiger partial charge in [-0.2, -0.15) is 13.2 Å².